The Morgan fingerprint density at radius 3 is 2.59 bits per heavy atom. The van der Waals surface area contributed by atoms with Crippen molar-refractivity contribution in [2.24, 2.45) is 5.92 Å². The average molecular weight is 323 g/mol. The van der Waals surface area contributed by atoms with Crippen LogP contribution in [0.3, 0.4) is 0 Å². The summed E-state index contributed by atoms with van der Waals surface area (Å²) in [6, 6.07) is 6.69. The highest BCUT2D eigenvalue weighted by Crippen LogP contribution is 2.27. The van der Waals surface area contributed by atoms with Crippen LogP contribution in [0.4, 0.5) is 0 Å². The van der Waals surface area contributed by atoms with E-state index in [9.17, 15) is 13.2 Å². The molecular formula is C16H21NO4S. The van der Waals surface area contributed by atoms with Crippen LogP contribution in [0.25, 0.3) is 0 Å². The van der Waals surface area contributed by atoms with E-state index in [4.69, 9.17) is 0 Å². The number of aryl methyl sites for hydroxylation is 1. The molecule has 0 radical (unpaired) electrons. The molecule has 2 unspecified atom stereocenters. The summed E-state index contributed by atoms with van der Waals surface area (Å²) in [5, 5.41) is 0. The molecule has 0 amide bonds. The summed E-state index contributed by atoms with van der Waals surface area (Å²) in [4.78, 5) is 11.4. The fraction of sp³-hybridized carbons (Fsp3) is 0.438. The molecule has 0 spiro atoms. The van der Waals surface area contributed by atoms with Crippen LogP contribution >= 0.6 is 0 Å². The third kappa shape index (κ3) is 4.42. The summed E-state index contributed by atoms with van der Waals surface area (Å²) in [5.41, 5.74) is 1.02. The number of carbonyl (C=O) groups is 1. The minimum Gasteiger partial charge on any atom is -0.466 e. The van der Waals surface area contributed by atoms with E-state index in [0.29, 0.717) is 6.42 Å². The molecule has 2 rings (SSSR count). The Labute approximate surface area is 131 Å². The van der Waals surface area contributed by atoms with E-state index in [0.717, 1.165) is 18.4 Å². The Morgan fingerprint density at radius 1 is 1.27 bits per heavy atom. The highest BCUT2D eigenvalue weighted by atomic mass is 32.2. The molecule has 6 heteroatoms. The number of methoxy groups -OCH3 is 1. The van der Waals surface area contributed by atoms with Crippen molar-refractivity contribution in [3.8, 4) is 0 Å². The molecule has 1 aliphatic carbocycles. The number of carbonyl (C=O) groups excluding carboxylic acids is 1. The number of rotatable bonds is 5. The normalized spacial score (nSPS) is 22.1. The van der Waals surface area contributed by atoms with Crippen LogP contribution in [0.15, 0.2) is 41.3 Å². The second kappa shape index (κ2) is 7.07. The first-order chi connectivity index (χ1) is 10.4. The number of sulfonamides is 1. The van der Waals surface area contributed by atoms with Gasteiger partial charge in [-0.05, 0) is 44.2 Å². The van der Waals surface area contributed by atoms with Crippen molar-refractivity contribution in [1.29, 1.82) is 0 Å². The Kier molecular flexibility index (Phi) is 5.37. The molecule has 5 nitrogen and oxygen atoms in total. The van der Waals surface area contributed by atoms with Gasteiger partial charge in [0.05, 0.1) is 12.0 Å². The Balaban J connectivity index is 1.96. The molecule has 1 fully saturated rings. The maximum atomic E-state index is 12.3. The Bertz CT molecular complexity index is 649. The van der Waals surface area contributed by atoms with Gasteiger partial charge in [0, 0.05) is 12.1 Å². The fourth-order valence-corrected chi connectivity index (χ4v) is 3.87. The quantitative estimate of drug-likeness (QED) is 0.666. The monoisotopic (exact) mass is 323 g/mol. The summed E-state index contributed by atoms with van der Waals surface area (Å²) in [5.74, 6) is -0.187. The van der Waals surface area contributed by atoms with E-state index in [1.165, 1.54) is 13.2 Å². The summed E-state index contributed by atoms with van der Waals surface area (Å²) in [6.45, 7) is 1.92. The second-order valence-corrected chi connectivity index (χ2v) is 7.30. The number of benzene rings is 1. The number of hydrogen-bond donors (Lipinski definition) is 1. The van der Waals surface area contributed by atoms with Crippen LogP contribution in [0, 0.1) is 12.8 Å². The summed E-state index contributed by atoms with van der Waals surface area (Å²) in [6.07, 6.45) is 5.52. The zero-order valence-electron chi connectivity index (χ0n) is 12.8. The number of nitrogens with one attached hydrogen (secondary N) is 1. The van der Waals surface area contributed by atoms with Gasteiger partial charge in [-0.3, -0.25) is 0 Å². The van der Waals surface area contributed by atoms with E-state index in [1.54, 1.807) is 30.3 Å². The van der Waals surface area contributed by atoms with Crippen molar-refractivity contribution in [3.05, 3.63) is 42.0 Å². The van der Waals surface area contributed by atoms with Crippen LogP contribution in [0.2, 0.25) is 0 Å². The van der Waals surface area contributed by atoms with Crippen molar-refractivity contribution < 1.29 is 17.9 Å². The Hall–Kier alpha value is -1.66. The van der Waals surface area contributed by atoms with Crippen molar-refractivity contribution in [2.45, 2.75) is 37.1 Å². The molecule has 0 heterocycles. The minimum atomic E-state index is -3.49. The first-order valence-electron chi connectivity index (χ1n) is 7.26. The predicted octanol–water partition coefficient (Wildman–Crippen LogP) is 2.17. The van der Waals surface area contributed by atoms with Gasteiger partial charge in [-0.25, -0.2) is 17.9 Å². The number of esters is 1. The molecule has 1 aromatic rings. The van der Waals surface area contributed by atoms with Crippen LogP contribution in [-0.4, -0.2) is 27.5 Å². The lowest BCUT2D eigenvalue weighted by atomic mass is 10.1. The zero-order valence-corrected chi connectivity index (χ0v) is 13.6. The van der Waals surface area contributed by atoms with Gasteiger partial charge in [-0.1, -0.05) is 23.8 Å². The summed E-state index contributed by atoms with van der Waals surface area (Å²) < 4.78 is 31.9. The van der Waals surface area contributed by atoms with Crippen molar-refractivity contribution in [1.82, 2.24) is 4.72 Å². The van der Waals surface area contributed by atoms with Gasteiger partial charge in [0.1, 0.15) is 0 Å². The molecule has 0 aromatic heterocycles. The maximum Gasteiger partial charge on any atom is 0.330 e. The number of allylic oxidation sites excluding steroid dienone is 1. The van der Waals surface area contributed by atoms with Gasteiger partial charge in [-0.15, -0.1) is 0 Å². The van der Waals surface area contributed by atoms with E-state index >= 15 is 0 Å². The standard InChI is InChI=1S/C16H21NO4S/c1-12-3-8-15(9-4-12)22(19,20)17-14-7-5-13(11-14)6-10-16(18)21-2/h3-4,6,8-10,13-14,17H,5,7,11H2,1-2H3. The molecule has 1 saturated carbocycles. The van der Waals surface area contributed by atoms with Crippen LogP contribution < -0.4 is 4.72 Å². The zero-order chi connectivity index (χ0) is 16.2. The van der Waals surface area contributed by atoms with Crippen molar-refractivity contribution >= 4 is 16.0 Å². The van der Waals surface area contributed by atoms with Gasteiger partial charge < -0.3 is 4.74 Å². The van der Waals surface area contributed by atoms with Crippen molar-refractivity contribution in [3.63, 3.8) is 0 Å². The predicted molar refractivity (Wildman–Crippen MR) is 83.8 cm³/mol. The van der Waals surface area contributed by atoms with Gasteiger partial charge in [-0.2, -0.15) is 0 Å². The van der Waals surface area contributed by atoms with Gasteiger partial charge in [0.2, 0.25) is 10.0 Å². The van der Waals surface area contributed by atoms with E-state index < -0.39 is 10.0 Å². The number of hydrogen-bond acceptors (Lipinski definition) is 4. The Morgan fingerprint density at radius 2 is 1.95 bits per heavy atom. The SMILES string of the molecule is COC(=O)C=CC1CCC(NS(=O)(=O)c2ccc(C)cc2)C1. The third-order valence-electron chi connectivity index (χ3n) is 3.83. The largest absolute Gasteiger partial charge is 0.466 e. The lowest BCUT2D eigenvalue weighted by Gasteiger charge is -2.13. The molecule has 2 atom stereocenters. The first-order valence-corrected chi connectivity index (χ1v) is 8.74. The fourth-order valence-electron chi connectivity index (χ4n) is 2.59. The second-order valence-electron chi connectivity index (χ2n) is 5.59. The van der Waals surface area contributed by atoms with Crippen LogP contribution in [0.1, 0.15) is 24.8 Å². The van der Waals surface area contributed by atoms with Gasteiger partial charge in [0.25, 0.3) is 0 Å². The molecule has 0 aliphatic heterocycles. The molecular weight excluding hydrogens is 302 g/mol. The third-order valence-corrected chi connectivity index (χ3v) is 5.37. The van der Waals surface area contributed by atoms with Crippen LogP contribution in [0.5, 0.6) is 0 Å². The smallest absolute Gasteiger partial charge is 0.330 e. The molecule has 120 valence electrons. The molecule has 0 saturated heterocycles. The lowest BCUT2D eigenvalue weighted by Crippen LogP contribution is -2.32. The van der Waals surface area contributed by atoms with Crippen molar-refractivity contribution in [2.75, 3.05) is 7.11 Å². The molecule has 22 heavy (non-hydrogen) atoms. The molecule has 1 aliphatic rings. The van der Waals surface area contributed by atoms with Crippen LogP contribution in [-0.2, 0) is 19.6 Å². The van der Waals surface area contributed by atoms with Gasteiger partial charge in [0.15, 0.2) is 0 Å². The van der Waals surface area contributed by atoms with Gasteiger partial charge >= 0.3 is 5.97 Å². The first kappa shape index (κ1) is 16.7. The highest BCUT2D eigenvalue weighted by molar-refractivity contribution is 7.89. The summed E-state index contributed by atoms with van der Waals surface area (Å²) in [7, 11) is -2.15. The topological polar surface area (TPSA) is 72.5 Å². The highest BCUT2D eigenvalue weighted by Gasteiger charge is 2.27. The summed E-state index contributed by atoms with van der Waals surface area (Å²) >= 11 is 0. The number of ether oxygens (including phenoxy) is 1. The lowest BCUT2D eigenvalue weighted by molar-refractivity contribution is -0.134. The minimum absolute atomic E-state index is 0.0985. The van der Waals surface area contributed by atoms with E-state index in [-0.39, 0.29) is 22.8 Å². The molecule has 1 N–H and O–H groups in total. The average Bonchev–Trinajstić information content (AvgIpc) is 2.92. The molecule has 1 aromatic carbocycles. The maximum absolute atomic E-state index is 12.3. The molecule has 0 bridgehead atoms. The van der Waals surface area contributed by atoms with E-state index in [2.05, 4.69) is 9.46 Å². The van der Waals surface area contributed by atoms with E-state index in [1.807, 2.05) is 6.92 Å².